The molecule has 1 aromatic heterocycles. The van der Waals surface area contributed by atoms with Gasteiger partial charge in [-0.25, -0.2) is 0 Å². The molecular formula is C24H27N5O2. The Bertz CT molecular complexity index is 1010. The van der Waals surface area contributed by atoms with Gasteiger partial charge < -0.3 is 10.2 Å². The van der Waals surface area contributed by atoms with Crippen molar-refractivity contribution in [3.8, 4) is 6.07 Å². The lowest BCUT2D eigenvalue weighted by Gasteiger charge is -2.38. The third-order valence-corrected chi connectivity index (χ3v) is 6.49. The summed E-state index contributed by atoms with van der Waals surface area (Å²) < 4.78 is 0. The van der Waals surface area contributed by atoms with Crippen LogP contribution in [-0.4, -0.2) is 39.8 Å². The number of carbonyl (C=O) groups excluding carboxylic acids is 2. The third kappa shape index (κ3) is 4.74. The van der Waals surface area contributed by atoms with E-state index < -0.39 is 0 Å². The van der Waals surface area contributed by atoms with Crippen LogP contribution in [-0.2, 0) is 11.3 Å². The standard InChI is InChI=1S/C24H27N5O2/c1-15-5-17(9-25)7-20(6-15)24(31)29-13-18-3-4-19(14-29)22(18)8-23(30)28-12-21-11-26-16(2)10-27-21/h5-7,10-11,18-19,22H,3-4,8,12-14H2,1-2H3,(H,28,30). The van der Waals surface area contributed by atoms with E-state index >= 15 is 0 Å². The molecule has 1 N–H and O–H groups in total. The number of aryl methyl sites for hydroxylation is 2. The molecule has 0 spiro atoms. The van der Waals surface area contributed by atoms with Gasteiger partial charge in [0.2, 0.25) is 5.91 Å². The van der Waals surface area contributed by atoms with Crippen LogP contribution in [0.15, 0.2) is 30.6 Å². The number of nitrogens with zero attached hydrogens (tertiary/aromatic N) is 4. The predicted octanol–water partition coefficient (Wildman–Crippen LogP) is 2.77. The van der Waals surface area contributed by atoms with Crippen molar-refractivity contribution >= 4 is 11.8 Å². The fourth-order valence-electron chi connectivity index (χ4n) is 4.97. The molecule has 2 aliphatic rings. The lowest BCUT2D eigenvalue weighted by molar-refractivity contribution is -0.123. The molecule has 2 aromatic rings. The summed E-state index contributed by atoms with van der Waals surface area (Å²) in [7, 11) is 0. The van der Waals surface area contributed by atoms with E-state index in [1.165, 1.54) is 0 Å². The molecule has 1 aliphatic heterocycles. The smallest absolute Gasteiger partial charge is 0.253 e. The first-order valence-corrected chi connectivity index (χ1v) is 10.8. The summed E-state index contributed by atoms with van der Waals surface area (Å²) in [5.41, 5.74) is 3.59. The Hall–Kier alpha value is -3.27. The van der Waals surface area contributed by atoms with Crippen molar-refractivity contribution in [3.63, 3.8) is 0 Å². The van der Waals surface area contributed by atoms with Gasteiger partial charge in [-0.15, -0.1) is 0 Å². The highest BCUT2D eigenvalue weighted by atomic mass is 16.2. The monoisotopic (exact) mass is 417 g/mol. The maximum Gasteiger partial charge on any atom is 0.253 e. The van der Waals surface area contributed by atoms with Crippen LogP contribution in [0, 0.1) is 42.9 Å². The average molecular weight is 418 g/mol. The molecule has 1 saturated heterocycles. The second kappa shape index (κ2) is 8.84. The minimum atomic E-state index is -0.0158. The van der Waals surface area contributed by atoms with E-state index in [0.29, 0.717) is 54.9 Å². The quantitative estimate of drug-likeness (QED) is 0.806. The van der Waals surface area contributed by atoms with Gasteiger partial charge in [-0.2, -0.15) is 5.26 Å². The third-order valence-electron chi connectivity index (χ3n) is 6.49. The van der Waals surface area contributed by atoms with Crippen molar-refractivity contribution in [2.75, 3.05) is 13.1 Å². The zero-order chi connectivity index (χ0) is 22.0. The van der Waals surface area contributed by atoms with Crippen molar-refractivity contribution in [1.29, 1.82) is 5.26 Å². The number of piperidine rings is 1. The lowest BCUT2D eigenvalue weighted by Crippen LogP contribution is -2.46. The van der Waals surface area contributed by atoms with E-state index in [1.807, 2.05) is 24.8 Å². The molecule has 2 bridgehead atoms. The van der Waals surface area contributed by atoms with Crippen LogP contribution in [0.4, 0.5) is 0 Å². The Morgan fingerprint density at radius 1 is 1.13 bits per heavy atom. The Kier molecular flexibility index (Phi) is 5.99. The number of nitriles is 1. The number of hydrogen-bond donors (Lipinski definition) is 1. The molecule has 0 radical (unpaired) electrons. The molecule has 1 aromatic carbocycles. The van der Waals surface area contributed by atoms with Crippen molar-refractivity contribution in [2.24, 2.45) is 17.8 Å². The highest BCUT2D eigenvalue weighted by Gasteiger charge is 2.44. The van der Waals surface area contributed by atoms with E-state index in [-0.39, 0.29) is 11.8 Å². The molecule has 31 heavy (non-hydrogen) atoms. The Balaban J connectivity index is 1.35. The number of likely N-dealkylation sites (tertiary alicyclic amines) is 1. The van der Waals surface area contributed by atoms with Crippen LogP contribution in [0.2, 0.25) is 0 Å². The van der Waals surface area contributed by atoms with Crippen LogP contribution in [0.25, 0.3) is 0 Å². The van der Waals surface area contributed by atoms with Crippen molar-refractivity contribution in [2.45, 2.75) is 39.7 Å². The van der Waals surface area contributed by atoms with Crippen LogP contribution < -0.4 is 5.32 Å². The van der Waals surface area contributed by atoms with Crippen LogP contribution in [0.1, 0.15) is 52.1 Å². The number of benzene rings is 1. The van der Waals surface area contributed by atoms with Gasteiger partial charge in [0, 0.05) is 31.3 Å². The van der Waals surface area contributed by atoms with Gasteiger partial charge in [-0.3, -0.25) is 19.6 Å². The maximum atomic E-state index is 13.1. The molecule has 7 nitrogen and oxygen atoms in total. The predicted molar refractivity (Wildman–Crippen MR) is 115 cm³/mol. The molecule has 2 heterocycles. The van der Waals surface area contributed by atoms with Gasteiger partial charge in [-0.1, -0.05) is 0 Å². The van der Waals surface area contributed by atoms with Crippen molar-refractivity contribution in [3.05, 3.63) is 58.7 Å². The Morgan fingerprint density at radius 2 is 1.87 bits per heavy atom. The summed E-state index contributed by atoms with van der Waals surface area (Å²) in [6.07, 6.45) is 5.97. The van der Waals surface area contributed by atoms with Gasteiger partial charge >= 0.3 is 0 Å². The molecule has 1 saturated carbocycles. The minimum absolute atomic E-state index is 0.0158. The summed E-state index contributed by atoms with van der Waals surface area (Å²) in [6, 6.07) is 7.43. The summed E-state index contributed by atoms with van der Waals surface area (Å²) in [5.74, 6) is 1.00. The molecule has 2 fully saturated rings. The van der Waals surface area contributed by atoms with E-state index in [2.05, 4.69) is 21.4 Å². The highest BCUT2D eigenvalue weighted by molar-refractivity contribution is 5.95. The van der Waals surface area contributed by atoms with E-state index in [1.54, 1.807) is 24.5 Å². The largest absolute Gasteiger partial charge is 0.350 e. The molecule has 2 atom stereocenters. The topological polar surface area (TPSA) is 99.0 Å². The fraction of sp³-hybridized carbons (Fsp3) is 0.458. The molecule has 160 valence electrons. The number of nitrogens with one attached hydrogen (secondary N) is 1. The fourth-order valence-corrected chi connectivity index (χ4v) is 4.97. The van der Waals surface area contributed by atoms with Gasteiger partial charge in [0.1, 0.15) is 0 Å². The van der Waals surface area contributed by atoms with Crippen LogP contribution >= 0.6 is 0 Å². The summed E-state index contributed by atoms with van der Waals surface area (Å²) in [5, 5.41) is 12.2. The number of amides is 2. The van der Waals surface area contributed by atoms with Crippen LogP contribution in [0.5, 0.6) is 0 Å². The minimum Gasteiger partial charge on any atom is -0.350 e. The number of hydrogen-bond acceptors (Lipinski definition) is 5. The summed E-state index contributed by atoms with van der Waals surface area (Å²) >= 11 is 0. The molecular weight excluding hydrogens is 390 g/mol. The maximum absolute atomic E-state index is 13.1. The average Bonchev–Trinajstić information content (AvgIpc) is 2.98. The number of aromatic nitrogens is 2. The zero-order valence-electron chi connectivity index (χ0n) is 18.0. The second-order valence-corrected chi connectivity index (χ2v) is 8.80. The van der Waals surface area contributed by atoms with Gasteiger partial charge in [0.15, 0.2) is 0 Å². The van der Waals surface area contributed by atoms with E-state index in [9.17, 15) is 14.9 Å². The number of carbonyl (C=O) groups is 2. The van der Waals surface area contributed by atoms with Gasteiger partial charge in [-0.05, 0) is 68.2 Å². The number of rotatable bonds is 5. The normalized spacial score (nSPS) is 22.1. The molecule has 1 aliphatic carbocycles. The zero-order valence-corrected chi connectivity index (χ0v) is 18.0. The Morgan fingerprint density at radius 3 is 2.52 bits per heavy atom. The van der Waals surface area contributed by atoms with E-state index in [0.717, 1.165) is 29.8 Å². The summed E-state index contributed by atoms with van der Waals surface area (Å²) in [4.78, 5) is 36.0. The van der Waals surface area contributed by atoms with Crippen molar-refractivity contribution < 1.29 is 9.59 Å². The van der Waals surface area contributed by atoms with Crippen molar-refractivity contribution in [1.82, 2.24) is 20.2 Å². The first-order chi connectivity index (χ1) is 14.9. The molecule has 4 rings (SSSR count). The second-order valence-electron chi connectivity index (χ2n) is 8.80. The lowest BCUT2D eigenvalue weighted by atomic mass is 9.82. The first-order valence-electron chi connectivity index (χ1n) is 10.8. The molecule has 7 heteroatoms. The molecule has 2 amide bonds. The first kappa shape index (κ1) is 21.0. The van der Waals surface area contributed by atoms with Gasteiger partial charge in [0.25, 0.3) is 5.91 Å². The van der Waals surface area contributed by atoms with E-state index in [4.69, 9.17) is 0 Å². The van der Waals surface area contributed by atoms with Crippen LogP contribution in [0.3, 0.4) is 0 Å². The van der Waals surface area contributed by atoms with Gasteiger partial charge in [0.05, 0.1) is 35.8 Å². The molecule has 2 unspecified atom stereocenters. The highest BCUT2D eigenvalue weighted by Crippen LogP contribution is 2.44. The summed E-state index contributed by atoms with van der Waals surface area (Å²) in [6.45, 7) is 5.50. The SMILES string of the molecule is Cc1cc(C#N)cc(C(=O)N2CC3CCC(C2)C3CC(=O)NCc2cnc(C)cn2)c1. The number of fused-ring (bicyclic) bond motifs is 2. The Labute approximate surface area is 182 Å².